The Hall–Kier alpha value is -1.10. The van der Waals surface area contributed by atoms with Crippen LogP contribution in [0.4, 0.5) is 8.78 Å². The Kier molecular flexibility index (Phi) is 4.45. The lowest BCUT2D eigenvalue weighted by atomic mass is 10.1. The lowest BCUT2D eigenvalue weighted by Crippen LogP contribution is -2.04. The molecule has 0 aromatic heterocycles. The minimum atomic E-state index is -0.867. The van der Waals surface area contributed by atoms with Crippen LogP contribution in [-0.4, -0.2) is 0 Å². The van der Waals surface area contributed by atoms with Crippen LogP contribution in [0.25, 0.3) is 0 Å². The Morgan fingerprint density at radius 2 is 1.84 bits per heavy atom. The summed E-state index contributed by atoms with van der Waals surface area (Å²) in [5, 5.41) is 0.546. The largest absolute Gasteiger partial charge is 0.324 e. The Morgan fingerprint density at radius 1 is 1.11 bits per heavy atom. The monoisotopic (exact) mass is 299 g/mol. The van der Waals surface area contributed by atoms with E-state index in [-0.39, 0.29) is 6.04 Å². The van der Waals surface area contributed by atoms with E-state index in [0.717, 1.165) is 22.6 Å². The van der Waals surface area contributed by atoms with Gasteiger partial charge in [0.15, 0.2) is 11.6 Å². The first-order chi connectivity index (χ1) is 8.97. The van der Waals surface area contributed by atoms with Crippen LogP contribution in [0, 0.1) is 11.6 Å². The zero-order valence-corrected chi connectivity index (χ0v) is 11.7. The third-order valence-corrected chi connectivity index (χ3v) is 4.09. The van der Waals surface area contributed by atoms with Gasteiger partial charge in [-0.05, 0) is 42.8 Å². The van der Waals surface area contributed by atoms with Crippen molar-refractivity contribution in [2.75, 3.05) is 0 Å². The van der Waals surface area contributed by atoms with Gasteiger partial charge in [0.05, 0.1) is 5.02 Å². The van der Waals surface area contributed by atoms with Gasteiger partial charge in [-0.3, -0.25) is 0 Å². The molecular formula is C14H12ClF2NS. The summed E-state index contributed by atoms with van der Waals surface area (Å²) in [5.41, 5.74) is 6.70. The van der Waals surface area contributed by atoms with Crippen LogP contribution in [0.15, 0.2) is 46.2 Å². The SMILES string of the molecule is C[C@H](N)c1ccc(Sc2ccc(F)c(F)c2)c(Cl)c1. The summed E-state index contributed by atoms with van der Waals surface area (Å²) < 4.78 is 25.9. The Morgan fingerprint density at radius 3 is 2.42 bits per heavy atom. The van der Waals surface area contributed by atoms with E-state index in [4.69, 9.17) is 17.3 Å². The average molecular weight is 300 g/mol. The lowest BCUT2D eigenvalue weighted by Gasteiger charge is -2.09. The van der Waals surface area contributed by atoms with E-state index in [2.05, 4.69) is 0 Å². The second-order valence-electron chi connectivity index (χ2n) is 4.16. The van der Waals surface area contributed by atoms with E-state index in [1.54, 1.807) is 6.07 Å². The fourth-order valence-electron chi connectivity index (χ4n) is 1.55. The van der Waals surface area contributed by atoms with E-state index in [1.807, 2.05) is 19.1 Å². The molecule has 0 aliphatic rings. The van der Waals surface area contributed by atoms with Gasteiger partial charge in [-0.1, -0.05) is 29.4 Å². The van der Waals surface area contributed by atoms with Gasteiger partial charge in [0, 0.05) is 15.8 Å². The number of rotatable bonds is 3. The van der Waals surface area contributed by atoms with Crippen molar-refractivity contribution in [2.45, 2.75) is 22.8 Å². The summed E-state index contributed by atoms with van der Waals surface area (Å²) in [5.74, 6) is -1.73. The van der Waals surface area contributed by atoms with E-state index in [0.29, 0.717) is 9.92 Å². The zero-order chi connectivity index (χ0) is 14.0. The summed E-state index contributed by atoms with van der Waals surface area (Å²) in [6.45, 7) is 1.87. The number of hydrogen-bond donors (Lipinski definition) is 1. The van der Waals surface area contributed by atoms with Crippen molar-refractivity contribution in [1.29, 1.82) is 0 Å². The Labute approximate surface area is 119 Å². The highest BCUT2D eigenvalue weighted by atomic mass is 35.5. The first-order valence-corrected chi connectivity index (χ1v) is 6.85. The Balaban J connectivity index is 2.25. The van der Waals surface area contributed by atoms with Gasteiger partial charge >= 0.3 is 0 Å². The summed E-state index contributed by atoms with van der Waals surface area (Å²) >= 11 is 7.43. The van der Waals surface area contributed by atoms with Crippen molar-refractivity contribution in [3.63, 3.8) is 0 Å². The summed E-state index contributed by atoms with van der Waals surface area (Å²) in [6.07, 6.45) is 0. The number of halogens is 3. The van der Waals surface area contributed by atoms with Crippen molar-refractivity contribution < 1.29 is 8.78 Å². The van der Waals surface area contributed by atoms with Gasteiger partial charge in [0.25, 0.3) is 0 Å². The highest BCUT2D eigenvalue weighted by molar-refractivity contribution is 7.99. The minimum absolute atomic E-state index is 0.0974. The van der Waals surface area contributed by atoms with Crippen LogP contribution >= 0.6 is 23.4 Å². The second kappa shape index (κ2) is 5.90. The molecule has 0 bridgehead atoms. The van der Waals surface area contributed by atoms with Crippen molar-refractivity contribution in [2.24, 2.45) is 5.73 Å². The molecule has 1 atom stereocenters. The first-order valence-electron chi connectivity index (χ1n) is 5.65. The Bertz CT molecular complexity index is 602. The molecule has 2 aromatic rings. The van der Waals surface area contributed by atoms with Crippen molar-refractivity contribution in [1.82, 2.24) is 0 Å². The van der Waals surface area contributed by atoms with Gasteiger partial charge in [0.1, 0.15) is 0 Å². The third-order valence-electron chi connectivity index (χ3n) is 2.60. The van der Waals surface area contributed by atoms with E-state index >= 15 is 0 Å². The maximum absolute atomic E-state index is 13.1. The quantitative estimate of drug-likeness (QED) is 0.882. The maximum Gasteiger partial charge on any atom is 0.159 e. The number of nitrogens with two attached hydrogens (primary N) is 1. The molecule has 0 aliphatic heterocycles. The molecule has 0 unspecified atom stereocenters. The fourth-order valence-corrected chi connectivity index (χ4v) is 2.70. The standard InChI is InChI=1S/C14H12ClF2NS/c1-8(18)9-2-5-14(11(15)6-9)19-10-3-4-12(16)13(17)7-10/h2-8H,18H2,1H3/t8-/m0/s1. The number of benzene rings is 2. The molecule has 2 aromatic carbocycles. The van der Waals surface area contributed by atoms with Gasteiger partial charge in [-0.2, -0.15) is 0 Å². The van der Waals surface area contributed by atoms with Gasteiger partial charge in [0.2, 0.25) is 0 Å². The van der Waals surface area contributed by atoms with Gasteiger partial charge < -0.3 is 5.73 Å². The molecule has 19 heavy (non-hydrogen) atoms. The molecule has 2 rings (SSSR count). The highest BCUT2D eigenvalue weighted by Gasteiger charge is 2.08. The van der Waals surface area contributed by atoms with E-state index in [9.17, 15) is 8.78 Å². The molecule has 0 heterocycles. The van der Waals surface area contributed by atoms with Crippen LogP contribution in [0.3, 0.4) is 0 Å². The minimum Gasteiger partial charge on any atom is -0.324 e. The van der Waals surface area contributed by atoms with Crippen LogP contribution in [0.2, 0.25) is 5.02 Å². The second-order valence-corrected chi connectivity index (χ2v) is 5.68. The predicted molar refractivity (Wildman–Crippen MR) is 74.5 cm³/mol. The molecule has 2 N–H and O–H groups in total. The molecule has 0 saturated carbocycles. The molecule has 5 heteroatoms. The van der Waals surface area contributed by atoms with E-state index < -0.39 is 11.6 Å². The normalized spacial score (nSPS) is 12.5. The molecule has 1 nitrogen and oxygen atoms in total. The smallest absolute Gasteiger partial charge is 0.159 e. The molecule has 0 aliphatic carbocycles. The van der Waals surface area contributed by atoms with Crippen LogP contribution in [-0.2, 0) is 0 Å². The fraction of sp³-hybridized carbons (Fsp3) is 0.143. The zero-order valence-electron chi connectivity index (χ0n) is 10.2. The van der Waals surface area contributed by atoms with Crippen LogP contribution in [0.1, 0.15) is 18.5 Å². The maximum atomic E-state index is 13.1. The van der Waals surface area contributed by atoms with Gasteiger partial charge in [-0.25, -0.2) is 8.78 Å². The molecular weight excluding hydrogens is 288 g/mol. The van der Waals surface area contributed by atoms with Crippen molar-refractivity contribution >= 4 is 23.4 Å². The summed E-state index contributed by atoms with van der Waals surface area (Å²) in [7, 11) is 0. The lowest BCUT2D eigenvalue weighted by molar-refractivity contribution is 0.506. The van der Waals surface area contributed by atoms with Crippen LogP contribution < -0.4 is 5.73 Å². The molecule has 100 valence electrons. The summed E-state index contributed by atoms with van der Waals surface area (Å²) in [4.78, 5) is 1.37. The molecule has 0 amide bonds. The summed E-state index contributed by atoms with van der Waals surface area (Å²) in [6, 6.07) is 9.15. The molecule has 0 saturated heterocycles. The van der Waals surface area contributed by atoms with Crippen molar-refractivity contribution in [3.8, 4) is 0 Å². The third kappa shape index (κ3) is 3.47. The van der Waals surface area contributed by atoms with Crippen molar-refractivity contribution in [3.05, 3.63) is 58.6 Å². The molecule has 0 spiro atoms. The van der Waals surface area contributed by atoms with E-state index in [1.165, 1.54) is 17.8 Å². The van der Waals surface area contributed by atoms with Gasteiger partial charge in [-0.15, -0.1) is 0 Å². The molecule has 0 fully saturated rings. The number of hydrogen-bond acceptors (Lipinski definition) is 2. The topological polar surface area (TPSA) is 26.0 Å². The van der Waals surface area contributed by atoms with Crippen LogP contribution in [0.5, 0.6) is 0 Å². The first kappa shape index (κ1) is 14.3. The highest BCUT2D eigenvalue weighted by Crippen LogP contribution is 2.35. The molecule has 0 radical (unpaired) electrons. The predicted octanol–water partition coefficient (Wildman–Crippen LogP) is 4.79. The average Bonchev–Trinajstić information content (AvgIpc) is 2.36.